The van der Waals surface area contributed by atoms with Crippen LogP contribution in [-0.4, -0.2) is 36.3 Å². The van der Waals surface area contributed by atoms with Crippen molar-refractivity contribution in [2.24, 2.45) is 0 Å². The van der Waals surface area contributed by atoms with Crippen molar-refractivity contribution in [1.82, 2.24) is 29.7 Å². The summed E-state index contributed by atoms with van der Waals surface area (Å²) in [5, 5.41) is 12.9. The van der Waals surface area contributed by atoms with Crippen molar-refractivity contribution in [1.29, 1.82) is 0 Å². The molecule has 7 nitrogen and oxygen atoms in total. The van der Waals surface area contributed by atoms with Gasteiger partial charge in [-0.25, -0.2) is 9.50 Å². The minimum absolute atomic E-state index is 0.0200. The Bertz CT molecular complexity index is 1130. The number of hydrogen-bond acceptors (Lipinski definition) is 4. The van der Waals surface area contributed by atoms with Crippen LogP contribution in [0.5, 0.6) is 0 Å². The molecule has 7 heteroatoms. The molecule has 0 spiro atoms. The van der Waals surface area contributed by atoms with E-state index < -0.39 is 0 Å². The summed E-state index contributed by atoms with van der Waals surface area (Å²) in [7, 11) is 0. The first-order chi connectivity index (χ1) is 13.5. The van der Waals surface area contributed by atoms with E-state index in [4.69, 9.17) is 4.98 Å². The summed E-state index contributed by atoms with van der Waals surface area (Å²) in [6, 6.07) is 9.91. The molecule has 1 atom stereocenters. The molecular formula is C21H24N6O. The maximum absolute atomic E-state index is 12.4. The fourth-order valence-electron chi connectivity index (χ4n) is 3.66. The van der Waals surface area contributed by atoms with Crippen molar-refractivity contribution in [3.05, 3.63) is 59.7 Å². The lowest BCUT2D eigenvalue weighted by Crippen LogP contribution is -2.36. The minimum Gasteiger partial charge on any atom is -0.352 e. The third kappa shape index (κ3) is 3.47. The van der Waals surface area contributed by atoms with Crippen molar-refractivity contribution in [2.75, 3.05) is 0 Å². The Morgan fingerprint density at radius 2 is 2.04 bits per heavy atom. The Kier molecular flexibility index (Phi) is 4.81. The zero-order valence-electron chi connectivity index (χ0n) is 16.4. The molecular weight excluding hydrogens is 352 g/mol. The van der Waals surface area contributed by atoms with Gasteiger partial charge in [-0.2, -0.15) is 10.2 Å². The molecule has 4 rings (SSSR count). The Morgan fingerprint density at radius 1 is 1.21 bits per heavy atom. The lowest BCUT2D eigenvalue weighted by atomic mass is 10.1. The third-order valence-corrected chi connectivity index (χ3v) is 5.05. The predicted octanol–water partition coefficient (Wildman–Crippen LogP) is 2.83. The molecule has 1 unspecified atom stereocenters. The average Bonchev–Trinajstić information content (AvgIpc) is 3.29. The van der Waals surface area contributed by atoms with Crippen molar-refractivity contribution in [2.45, 2.75) is 46.2 Å². The molecule has 1 aromatic carbocycles. The van der Waals surface area contributed by atoms with Crippen LogP contribution in [0.1, 0.15) is 30.3 Å². The molecule has 3 aromatic heterocycles. The van der Waals surface area contributed by atoms with Gasteiger partial charge in [-0.1, -0.05) is 12.1 Å². The Morgan fingerprint density at radius 3 is 2.82 bits per heavy atom. The third-order valence-electron chi connectivity index (χ3n) is 5.05. The molecule has 0 fully saturated rings. The highest BCUT2D eigenvalue weighted by molar-refractivity contribution is 5.92. The fourth-order valence-corrected chi connectivity index (χ4v) is 3.66. The molecule has 0 bridgehead atoms. The quantitative estimate of drug-likeness (QED) is 0.561. The van der Waals surface area contributed by atoms with Gasteiger partial charge in [0.25, 0.3) is 0 Å². The van der Waals surface area contributed by atoms with Crippen LogP contribution in [-0.2, 0) is 17.8 Å². The van der Waals surface area contributed by atoms with Gasteiger partial charge < -0.3 is 5.32 Å². The molecule has 1 N–H and O–H groups in total. The zero-order valence-corrected chi connectivity index (χ0v) is 16.4. The summed E-state index contributed by atoms with van der Waals surface area (Å²) in [5.41, 5.74) is 4.87. The molecule has 0 saturated heterocycles. The van der Waals surface area contributed by atoms with Gasteiger partial charge >= 0.3 is 0 Å². The van der Waals surface area contributed by atoms with Crippen LogP contribution in [0.25, 0.3) is 16.6 Å². The van der Waals surface area contributed by atoms with Crippen LogP contribution < -0.4 is 5.32 Å². The van der Waals surface area contributed by atoms with E-state index in [1.54, 1.807) is 6.20 Å². The smallest absolute Gasteiger partial charge is 0.220 e. The van der Waals surface area contributed by atoms with Gasteiger partial charge in [-0.3, -0.25) is 9.48 Å². The van der Waals surface area contributed by atoms with Gasteiger partial charge in [-0.05, 0) is 51.0 Å². The number of fused-ring (bicyclic) bond motifs is 3. The summed E-state index contributed by atoms with van der Waals surface area (Å²) in [4.78, 5) is 17.2. The molecule has 1 amide bonds. The average molecular weight is 376 g/mol. The number of nitrogens with one attached hydrogen (secondary N) is 1. The normalized spacial score (nSPS) is 12.5. The zero-order chi connectivity index (χ0) is 19.7. The van der Waals surface area contributed by atoms with E-state index in [1.807, 2.05) is 66.5 Å². The van der Waals surface area contributed by atoms with E-state index in [-0.39, 0.29) is 11.9 Å². The number of nitrogens with zero attached hydrogens (tertiary/aromatic N) is 5. The van der Waals surface area contributed by atoms with E-state index in [0.29, 0.717) is 19.4 Å². The number of hydrogen-bond donors (Lipinski definition) is 1. The number of carbonyl (C=O) groups excluding carboxylic acids is 1. The Hall–Kier alpha value is -3.22. The van der Waals surface area contributed by atoms with Gasteiger partial charge in [0.1, 0.15) is 0 Å². The van der Waals surface area contributed by atoms with E-state index in [1.165, 1.54) is 0 Å². The highest BCUT2D eigenvalue weighted by Gasteiger charge is 2.15. The molecule has 0 aliphatic carbocycles. The Labute approximate surface area is 163 Å². The molecule has 3 heterocycles. The van der Waals surface area contributed by atoms with E-state index in [9.17, 15) is 4.79 Å². The van der Waals surface area contributed by atoms with Crippen LogP contribution >= 0.6 is 0 Å². The second-order valence-electron chi connectivity index (χ2n) is 7.21. The van der Waals surface area contributed by atoms with Gasteiger partial charge in [-0.15, -0.1) is 0 Å². The highest BCUT2D eigenvalue weighted by atomic mass is 16.1. The maximum atomic E-state index is 12.4. The number of carbonyl (C=O) groups is 1. The van der Waals surface area contributed by atoms with Crippen molar-refractivity contribution >= 4 is 22.5 Å². The lowest BCUT2D eigenvalue weighted by Gasteiger charge is -2.15. The van der Waals surface area contributed by atoms with Crippen molar-refractivity contribution in [3.63, 3.8) is 0 Å². The SMILES string of the molecule is Cc1nc2c3ccccc3nn2c(C)c1CCC(=O)NC(C)Cn1cccn1. The maximum Gasteiger partial charge on any atom is 0.220 e. The van der Waals surface area contributed by atoms with Gasteiger partial charge in [0, 0.05) is 41.6 Å². The number of amides is 1. The number of benzene rings is 1. The number of aryl methyl sites for hydroxylation is 2. The first-order valence-corrected chi connectivity index (χ1v) is 9.53. The standard InChI is InChI=1S/C21H24N6O/c1-14(13-26-12-6-11-22-26)23-20(28)10-9-17-15(2)24-21-18-7-4-5-8-19(18)25-27(21)16(17)3/h4-8,11-12,14H,9-10,13H2,1-3H3,(H,23,28). The largest absolute Gasteiger partial charge is 0.352 e. The summed E-state index contributed by atoms with van der Waals surface area (Å²) in [6.45, 7) is 6.69. The Balaban J connectivity index is 1.48. The molecule has 144 valence electrons. The van der Waals surface area contributed by atoms with Gasteiger partial charge in [0.15, 0.2) is 5.65 Å². The van der Waals surface area contributed by atoms with E-state index >= 15 is 0 Å². The van der Waals surface area contributed by atoms with Crippen molar-refractivity contribution < 1.29 is 4.79 Å². The van der Waals surface area contributed by atoms with Gasteiger partial charge in [0.2, 0.25) is 5.91 Å². The second-order valence-corrected chi connectivity index (χ2v) is 7.21. The highest BCUT2D eigenvalue weighted by Crippen LogP contribution is 2.22. The molecule has 0 aliphatic heterocycles. The summed E-state index contributed by atoms with van der Waals surface area (Å²) < 4.78 is 3.71. The number of aromatic nitrogens is 5. The van der Waals surface area contributed by atoms with E-state index in [0.717, 1.165) is 33.5 Å². The summed E-state index contributed by atoms with van der Waals surface area (Å²) in [5.74, 6) is 0.0316. The molecule has 0 saturated carbocycles. The second kappa shape index (κ2) is 7.42. The van der Waals surface area contributed by atoms with Crippen LogP contribution in [0.3, 0.4) is 0 Å². The summed E-state index contributed by atoms with van der Waals surface area (Å²) in [6.07, 6.45) is 4.68. The minimum atomic E-state index is 0.0200. The van der Waals surface area contributed by atoms with Crippen LogP contribution in [0, 0.1) is 13.8 Å². The van der Waals surface area contributed by atoms with Gasteiger partial charge in [0.05, 0.1) is 12.1 Å². The lowest BCUT2D eigenvalue weighted by molar-refractivity contribution is -0.121. The molecule has 28 heavy (non-hydrogen) atoms. The van der Waals surface area contributed by atoms with Crippen LogP contribution in [0.4, 0.5) is 0 Å². The monoisotopic (exact) mass is 376 g/mol. The molecule has 4 aromatic rings. The molecule has 0 radical (unpaired) electrons. The molecule has 0 aliphatic rings. The summed E-state index contributed by atoms with van der Waals surface area (Å²) >= 11 is 0. The van der Waals surface area contributed by atoms with Crippen molar-refractivity contribution in [3.8, 4) is 0 Å². The fraction of sp³-hybridized carbons (Fsp3) is 0.333. The predicted molar refractivity (Wildman–Crippen MR) is 108 cm³/mol. The topological polar surface area (TPSA) is 77.1 Å². The first-order valence-electron chi connectivity index (χ1n) is 9.53. The van der Waals surface area contributed by atoms with Crippen LogP contribution in [0.15, 0.2) is 42.7 Å². The van der Waals surface area contributed by atoms with Crippen LogP contribution in [0.2, 0.25) is 0 Å². The first kappa shape index (κ1) is 18.2. The number of rotatable bonds is 6. The van der Waals surface area contributed by atoms with E-state index in [2.05, 4.69) is 15.5 Å².